The molecule has 10 heteroatoms. The number of hydrogen-bond acceptors (Lipinski definition) is 8. The van der Waals surface area contributed by atoms with Crippen LogP contribution in [0.25, 0.3) is 20.8 Å². The summed E-state index contributed by atoms with van der Waals surface area (Å²) in [6.45, 7) is 4.18. The molecule has 0 saturated heterocycles. The van der Waals surface area contributed by atoms with E-state index < -0.39 is 0 Å². The average molecular weight is 430 g/mol. The zero-order chi connectivity index (χ0) is 20.5. The van der Waals surface area contributed by atoms with E-state index in [0.29, 0.717) is 27.2 Å². The Labute approximate surface area is 174 Å². The molecular formula is C19H19N5O3S2. The number of nitrogens with one attached hydrogen (secondary N) is 2. The molecule has 0 aliphatic rings. The van der Waals surface area contributed by atoms with Crippen molar-refractivity contribution >= 4 is 44.6 Å². The van der Waals surface area contributed by atoms with Crippen molar-refractivity contribution in [2.45, 2.75) is 20.5 Å². The number of H-pyrrole nitrogens is 1. The van der Waals surface area contributed by atoms with Crippen molar-refractivity contribution in [1.82, 2.24) is 20.2 Å². The third-order valence-electron chi connectivity index (χ3n) is 4.30. The van der Waals surface area contributed by atoms with Gasteiger partial charge in [0, 0.05) is 18.1 Å². The first-order chi connectivity index (χ1) is 14.0. The SMILES string of the molecule is COCc1nc(OC)c2c(C)c(C(=O)Nc3cc(-c4ccc(C)s4)[nH]n3)sc2n1. The number of thiophene rings is 2. The van der Waals surface area contributed by atoms with Gasteiger partial charge in [-0.2, -0.15) is 10.1 Å². The van der Waals surface area contributed by atoms with Gasteiger partial charge in [-0.05, 0) is 31.5 Å². The minimum atomic E-state index is -0.249. The van der Waals surface area contributed by atoms with Crippen molar-refractivity contribution in [1.29, 1.82) is 0 Å². The maximum Gasteiger partial charge on any atom is 0.267 e. The molecule has 0 radical (unpaired) electrons. The summed E-state index contributed by atoms with van der Waals surface area (Å²) in [7, 11) is 3.13. The van der Waals surface area contributed by atoms with Gasteiger partial charge >= 0.3 is 0 Å². The number of fused-ring (bicyclic) bond motifs is 1. The molecule has 150 valence electrons. The molecule has 4 rings (SSSR count). The number of aromatic amines is 1. The van der Waals surface area contributed by atoms with Gasteiger partial charge in [-0.15, -0.1) is 22.7 Å². The van der Waals surface area contributed by atoms with Crippen LogP contribution in [0.1, 0.15) is 25.9 Å². The van der Waals surface area contributed by atoms with Crippen molar-refractivity contribution in [3.8, 4) is 16.5 Å². The predicted octanol–water partition coefficient (Wildman–Crippen LogP) is 4.17. The second-order valence-corrected chi connectivity index (χ2v) is 8.64. The fourth-order valence-electron chi connectivity index (χ4n) is 2.97. The number of carbonyl (C=O) groups is 1. The van der Waals surface area contributed by atoms with Crippen LogP contribution in [0.3, 0.4) is 0 Å². The summed E-state index contributed by atoms with van der Waals surface area (Å²) in [5, 5.41) is 10.8. The summed E-state index contributed by atoms with van der Waals surface area (Å²) < 4.78 is 10.5. The Kier molecular flexibility index (Phi) is 5.31. The third-order valence-corrected chi connectivity index (χ3v) is 6.52. The Hall–Kier alpha value is -2.82. The van der Waals surface area contributed by atoms with Crippen molar-refractivity contribution in [2.75, 3.05) is 19.5 Å². The lowest BCUT2D eigenvalue weighted by molar-refractivity contribution is 0.102. The summed E-state index contributed by atoms with van der Waals surface area (Å²) in [6, 6.07) is 5.90. The van der Waals surface area contributed by atoms with Gasteiger partial charge in [0.1, 0.15) is 11.4 Å². The third kappa shape index (κ3) is 3.74. The number of aryl methyl sites for hydroxylation is 2. The molecule has 0 saturated carbocycles. The van der Waals surface area contributed by atoms with E-state index in [-0.39, 0.29) is 12.5 Å². The van der Waals surface area contributed by atoms with Gasteiger partial charge < -0.3 is 14.8 Å². The van der Waals surface area contributed by atoms with Crippen molar-refractivity contribution in [3.05, 3.63) is 39.3 Å². The fourth-order valence-corrected chi connectivity index (χ4v) is 4.89. The normalized spacial score (nSPS) is 11.2. The molecule has 0 spiro atoms. The molecule has 0 bridgehead atoms. The smallest absolute Gasteiger partial charge is 0.267 e. The van der Waals surface area contributed by atoms with E-state index in [1.54, 1.807) is 25.6 Å². The quantitative estimate of drug-likeness (QED) is 0.477. The van der Waals surface area contributed by atoms with E-state index in [1.807, 2.05) is 32.0 Å². The van der Waals surface area contributed by atoms with Gasteiger partial charge in [0.25, 0.3) is 5.91 Å². The molecule has 4 aromatic heterocycles. The number of hydrogen-bond donors (Lipinski definition) is 2. The average Bonchev–Trinajstić information content (AvgIpc) is 3.41. The lowest BCUT2D eigenvalue weighted by atomic mass is 10.2. The number of anilines is 1. The maximum atomic E-state index is 12.9. The van der Waals surface area contributed by atoms with Gasteiger partial charge in [-0.1, -0.05) is 0 Å². The van der Waals surface area contributed by atoms with E-state index in [4.69, 9.17) is 9.47 Å². The standard InChI is InChI=1S/C19H19N5O3S2/c1-9-5-6-12(28-9)11-7-13(24-23-11)20-17(25)16-10(2)15-18(27-4)21-14(8-26-3)22-19(15)29-16/h5-7H,8H2,1-4H3,(H2,20,23,24,25). The number of amides is 1. The van der Waals surface area contributed by atoms with E-state index in [1.165, 1.54) is 16.2 Å². The number of methoxy groups -OCH3 is 2. The van der Waals surface area contributed by atoms with Crippen LogP contribution < -0.4 is 10.1 Å². The molecule has 0 atom stereocenters. The molecule has 4 heterocycles. The molecule has 2 N–H and O–H groups in total. The Bertz CT molecular complexity index is 1190. The molecular weight excluding hydrogens is 410 g/mol. The van der Waals surface area contributed by atoms with Gasteiger partial charge in [-0.3, -0.25) is 9.89 Å². The Balaban J connectivity index is 1.63. The van der Waals surface area contributed by atoms with Crippen LogP contribution in [0.4, 0.5) is 5.82 Å². The highest BCUT2D eigenvalue weighted by molar-refractivity contribution is 7.20. The number of nitrogens with zero attached hydrogens (tertiary/aromatic N) is 3. The maximum absolute atomic E-state index is 12.9. The highest BCUT2D eigenvalue weighted by atomic mass is 32.1. The van der Waals surface area contributed by atoms with E-state index >= 15 is 0 Å². The van der Waals surface area contributed by atoms with Crippen LogP contribution in [0.5, 0.6) is 5.88 Å². The van der Waals surface area contributed by atoms with Crippen LogP contribution in [-0.2, 0) is 11.3 Å². The second-order valence-electron chi connectivity index (χ2n) is 6.35. The number of ether oxygens (including phenoxy) is 2. The molecule has 0 aliphatic carbocycles. The summed E-state index contributed by atoms with van der Waals surface area (Å²) >= 11 is 2.96. The highest BCUT2D eigenvalue weighted by Gasteiger charge is 2.22. The van der Waals surface area contributed by atoms with Gasteiger partial charge in [0.2, 0.25) is 5.88 Å². The van der Waals surface area contributed by atoms with Crippen molar-refractivity contribution < 1.29 is 14.3 Å². The van der Waals surface area contributed by atoms with Crippen molar-refractivity contribution in [2.24, 2.45) is 0 Å². The van der Waals surface area contributed by atoms with Gasteiger partial charge in [-0.25, -0.2) is 4.98 Å². The van der Waals surface area contributed by atoms with Crippen molar-refractivity contribution in [3.63, 3.8) is 0 Å². The molecule has 0 aliphatic heterocycles. The number of rotatable bonds is 6. The van der Waals surface area contributed by atoms with Crippen LogP contribution in [0, 0.1) is 13.8 Å². The summed E-state index contributed by atoms with van der Waals surface area (Å²) in [4.78, 5) is 25.3. The molecule has 8 nitrogen and oxygen atoms in total. The summed E-state index contributed by atoms with van der Waals surface area (Å²) in [6.07, 6.45) is 0. The van der Waals surface area contributed by atoms with Crippen LogP contribution in [0.2, 0.25) is 0 Å². The van der Waals surface area contributed by atoms with E-state index in [9.17, 15) is 4.79 Å². The van der Waals surface area contributed by atoms with Gasteiger partial charge in [0.05, 0.1) is 27.9 Å². The largest absolute Gasteiger partial charge is 0.480 e. The molecule has 0 aromatic carbocycles. The highest BCUT2D eigenvalue weighted by Crippen LogP contribution is 2.35. The minimum absolute atomic E-state index is 0.249. The lowest BCUT2D eigenvalue weighted by Gasteiger charge is -2.05. The monoisotopic (exact) mass is 429 g/mol. The first-order valence-corrected chi connectivity index (χ1v) is 10.4. The molecule has 1 amide bonds. The Morgan fingerprint density at radius 1 is 1.21 bits per heavy atom. The Morgan fingerprint density at radius 2 is 2.03 bits per heavy atom. The molecule has 0 unspecified atom stereocenters. The topological polar surface area (TPSA) is 102 Å². The van der Waals surface area contributed by atoms with E-state index in [0.717, 1.165) is 21.5 Å². The van der Waals surface area contributed by atoms with Crippen LogP contribution in [-0.4, -0.2) is 40.3 Å². The number of carbonyl (C=O) groups excluding carboxylic acids is 1. The first-order valence-electron chi connectivity index (χ1n) is 8.76. The van der Waals surface area contributed by atoms with Gasteiger partial charge in [0.15, 0.2) is 11.6 Å². The first kappa shape index (κ1) is 19.5. The fraction of sp³-hybridized carbons (Fsp3) is 0.263. The lowest BCUT2D eigenvalue weighted by Crippen LogP contribution is -2.11. The molecule has 4 aromatic rings. The van der Waals surface area contributed by atoms with Crippen LogP contribution in [0.15, 0.2) is 18.2 Å². The predicted molar refractivity (Wildman–Crippen MR) is 114 cm³/mol. The molecule has 29 heavy (non-hydrogen) atoms. The molecule has 0 fully saturated rings. The van der Waals surface area contributed by atoms with E-state index in [2.05, 4.69) is 25.5 Å². The zero-order valence-electron chi connectivity index (χ0n) is 16.3. The zero-order valence-corrected chi connectivity index (χ0v) is 18.0. The summed E-state index contributed by atoms with van der Waals surface area (Å²) in [5.41, 5.74) is 1.64. The van der Waals surface area contributed by atoms with Crippen LogP contribution >= 0.6 is 22.7 Å². The second kappa shape index (κ2) is 7.90. The number of aromatic nitrogens is 4. The Morgan fingerprint density at radius 3 is 2.72 bits per heavy atom. The minimum Gasteiger partial charge on any atom is -0.480 e. The summed E-state index contributed by atoms with van der Waals surface area (Å²) in [5.74, 6) is 1.16.